The molecule has 8 heteroatoms. The van der Waals surface area contributed by atoms with Crippen LogP contribution < -0.4 is 0 Å². The molecule has 0 aromatic rings. The number of carbonyl (C=O) groups is 4. The smallest absolute Gasteiger partial charge is 0.355 e. The minimum atomic E-state index is -1.28. The minimum Gasteiger partial charge on any atom is -0.479 e. The Morgan fingerprint density at radius 3 is 1.86 bits per heavy atom. The zero-order valence-corrected chi connectivity index (χ0v) is 12.2. The predicted octanol–water partition coefficient (Wildman–Crippen LogP) is 1.51. The van der Waals surface area contributed by atoms with Gasteiger partial charge in [-0.3, -0.25) is 4.79 Å². The molecule has 1 aliphatic rings. The second kappa shape index (κ2) is 9.75. The van der Waals surface area contributed by atoms with E-state index in [4.69, 9.17) is 9.84 Å². The summed E-state index contributed by atoms with van der Waals surface area (Å²) < 4.78 is 4.89. The molecule has 1 rings (SSSR count). The largest absolute Gasteiger partial charge is 0.479 e. The van der Waals surface area contributed by atoms with Crippen LogP contribution in [0.15, 0.2) is 0 Å². The van der Waals surface area contributed by atoms with E-state index in [1.54, 1.807) is 0 Å². The molecule has 1 aliphatic heterocycles. The van der Waals surface area contributed by atoms with Crippen LogP contribution in [0.4, 0.5) is 0 Å². The first-order valence-electron chi connectivity index (χ1n) is 7.31. The fourth-order valence-electron chi connectivity index (χ4n) is 1.95. The van der Waals surface area contributed by atoms with Crippen LogP contribution >= 0.6 is 0 Å². The highest BCUT2D eigenvalue weighted by molar-refractivity contribution is 5.78. The van der Waals surface area contributed by atoms with Crippen LogP contribution in [0.2, 0.25) is 0 Å². The molecule has 0 radical (unpaired) electrons. The molecular formula is C14H20O8. The maximum absolute atomic E-state index is 11.6. The van der Waals surface area contributed by atoms with Crippen molar-refractivity contribution in [3.63, 3.8) is 0 Å². The molecule has 22 heavy (non-hydrogen) atoms. The zero-order chi connectivity index (χ0) is 16.4. The van der Waals surface area contributed by atoms with Crippen LogP contribution in [-0.4, -0.2) is 35.1 Å². The Balaban J connectivity index is 2.55. The number of hydrogen-bond donors (Lipinski definition) is 1. The number of rotatable bonds is 1. The first kappa shape index (κ1) is 17.9. The highest BCUT2D eigenvalue weighted by atomic mass is 17.2. The van der Waals surface area contributed by atoms with Gasteiger partial charge >= 0.3 is 23.9 Å². The van der Waals surface area contributed by atoms with Gasteiger partial charge in [0.2, 0.25) is 0 Å². The number of cyclic esters (lactones) is 1. The van der Waals surface area contributed by atoms with Crippen LogP contribution in [-0.2, 0) is 33.7 Å². The molecule has 1 N–H and O–H groups in total. The molecule has 0 amide bonds. The van der Waals surface area contributed by atoms with E-state index in [0.717, 1.165) is 0 Å². The zero-order valence-electron chi connectivity index (χ0n) is 12.2. The highest BCUT2D eigenvalue weighted by Gasteiger charge is 2.22. The van der Waals surface area contributed by atoms with E-state index in [0.29, 0.717) is 25.7 Å². The summed E-state index contributed by atoms with van der Waals surface area (Å²) in [4.78, 5) is 53.8. The fourth-order valence-corrected chi connectivity index (χ4v) is 1.95. The topological polar surface area (TPSA) is 116 Å². The van der Waals surface area contributed by atoms with Crippen LogP contribution in [0.3, 0.4) is 0 Å². The monoisotopic (exact) mass is 316 g/mol. The Hall–Kier alpha value is -2.12. The molecule has 1 saturated heterocycles. The lowest BCUT2D eigenvalue weighted by Gasteiger charge is -2.13. The lowest BCUT2D eigenvalue weighted by atomic mass is 10.1. The quantitative estimate of drug-likeness (QED) is 0.571. The van der Waals surface area contributed by atoms with Gasteiger partial charge in [-0.25, -0.2) is 24.2 Å². The standard InChI is InChI=1S/C14H20O8/c15-11-7-3-1-2-4-8-12(16)21-22-13(17)9-5-6-10(20-11)14(18)19/h10H,1-9H2,(H,18,19). The van der Waals surface area contributed by atoms with E-state index in [1.807, 2.05) is 0 Å². The van der Waals surface area contributed by atoms with Crippen molar-refractivity contribution in [3.8, 4) is 0 Å². The summed E-state index contributed by atoms with van der Waals surface area (Å²) in [5, 5.41) is 8.98. The van der Waals surface area contributed by atoms with E-state index in [9.17, 15) is 19.2 Å². The summed E-state index contributed by atoms with van der Waals surface area (Å²) in [5.74, 6) is -3.21. The summed E-state index contributed by atoms with van der Waals surface area (Å²) >= 11 is 0. The number of aliphatic carboxylic acids is 1. The molecule has 1 heterocycles. The van der Waals surface area contributed by atoms with Crippen molar-refractivity contribution in [2.24, 2.45) is 0 Å². The number of hydrogen-bond acceptors (Lipinski definition) is 7. The van der Waals surface area contributed by atoms with Gasteiger partial charge in [-0.1, -0.05) is 12.8 Å². The van der Waals surface area contributed by atoms with Crippen molar-refractivity contribution in [2.45, 2.75) is 63.9 Å². The van der Waals surface area contributed by atoms with E-state index >= 15 is 0 Å². The SMILES string of the molecule is O=C1CCCCCCC(=O)OC(C(=O)O)CCCC(=O)OO1. The molecule has 0 aromatic heterocycles. The Kier molecular flexibility index (Phi) is 7.95. The predicted molar refractivity (Wildman–Crippen MR) is 71.3 cm³/mol. The second-order valence-electron chi connectivity index (χ2n) is 5.03. The van der Waals surface area contributed by atoms with Crippen molar-refractivity contribution in [2.75, 3.05) is 0 Å². The van der Waals surface area contributed by atoms with Gasteiger partial charge in [-0.05, 0) is 25.7 Å². The molecular weight excluding hydrogens is 296 g/mol. The summed E-state index contributed by atoms with van der Waals surface area (Å²) in [6.45, 7) is 0. The molecule has 1 fully saturated rings. The molecule has 8 nitrogen and oxygen atoms in total. The first-order chi connectivity index (χ1) is 10.5. The molecule has 0 saturated carbocycles. The molecule has 124 valence electrons. The fraction of sp³-hybridized carbons (Fsp3) is 0.714. The van der Waals surface area contributed by atoms with E-state index in [-0.39, 0.29) is 32.1 Å². The van der Waals surface area contributed by atoms with E-state index in [1.165, 1.54) is 0 Å². The average Bonchev–Trinajstić information content (AvgIpc) is 2.46. The third kappa shape index (κ3) is 7.61. The van der Waals surface area contributed by atoms with Crippen LogP contribution in [0.1, 0.15) is 57.8 Å². The Morgan fingerprint density at radius 2 is 1.32 bits per heavy atom. The number of ether oxygens (including phenoxy) is 1. The first-order valence-corrected chi connectivity index (χ1v) is 7.31. The third-order valence-electron chi connectivity index (χ3n) is 3.14. The van der Waals surface area contributed by atoms with Crippen molar-refractivity contribution in [3.05, 3.63) is 0 Å². The molecule has 0 bridgehead atoms. The normalized spacial score (nSPS) is 23.1. The van der Waals surface area contributed by atoms with Crippen molar-refractivity contribution in [1.29, 1.82) is 0 Å². The van der Waals surface area contributed by atoms with Crippen LogP contribution in [0.5, 0.6) is 0 Å². The summed E-state index contributed by atoms with van der Waals surface area (Å²) in [5.41, 5.74) is 0. The number of carbonyl (C=O) groups excluding carboxylic acids is 3. The number of carboxylic acid groups (broad SMARTS) is 1. The molecule has 0 aromatic carbocycles. The Morgan fingerprint density at radius 1 is 0.818 bits per heavy atom. The van der Waals surface area contributed by atoms with Crippen molar-refractivity contribution >= 4 is 23.9 Å². The van der Waals surface area contributed by atoms with E-state index in [2.05, 4.69) is 9.78 Å². The van der Waals surface area contributed by atoms with E-state index < -0.39 is 30.0 Å². The van der Waals surface area contributed by atoms with Crippen molar-refractivity contribution in [1.82, 2.24) is 0 Å². The lowest BCUT2D eigenvalue weighted by Crippen LogP contribution is -2.27. The van der Waals surface area contributed by atoms with Gasteiger partial charge in [0.15, 0.2) is 6.10 Å². The van der Waals surface area contributed by atoms with Gasteiger partial charge in [-0.2, -0.15) is 0 Å². The number of carboxylic acids is 1. The lowest BCUT2D eigenvalue weighted by molar-refractivity contribution is -0.259. The summed E-state index contributed by atoms with van der Waals surface area (Å²) in [6, 6.07) is 0. The van der Waals surface area contributed by atoms with Crippen LogP contribution in [0, 0.1) is 0 Å². The molecule has 0 aliphatic carbocycles. The van der Waals surface area contributed by atoms with Gasteiger partial charge in [0, 0.05) is 6.42 Å². The Bertz CT molecular complexity index is 417. The van der Waals surface area contributed by atoms with Gasteiger partial charge in [0.1, 0.15) is 0 Å². The maximum Gasteiger partial charge on any atom is 0.355 e. The van der Waals surface area contributed by atoms with Gasteiger partial charge < -0.3 is 9.84 Å². The number of esters is 1. The van der Waals surface area contributed by atoms with Gasteiger partial charge in [0.25, 0.3) is 0 Å². The van der Waals surface area contributed by atoms with Gasteiger partial charge in [0.05, 0.1) is 12.8 Å². The minimum absolute atomic E-state index is 0.00980. The average molecular weight is 316 g/mol. The summed E-state index contributed by atoms with van der Waals surface area (Å²) in [6.07, 6.45) is 1.53. The third-order valence-corrected chi connectivity index (χ3v) is 3.14. The maximum atomic E-state index is 11.6. The Labute approximate surface area is 127 Å². The molecule has 0 spiro atoms. The summed E-state index contributed by atoms with van der Waals surface area (Å²) in [7, 11) is 0. The highest BCUT2D eigenvalue weighted by Crippen LogP contribution is 2.12. The molecule has 1 unspecified atom stereocenters. The molecule has 1 atom stereocenters. The van der Waals surface area contributed by atoms with Gasteiger partial charge in [-0.15, -0.1) is 0 Å². The van der Waals surface area contributed by atoms with Crippen molar-refractivity contribution < 1.29 is 38.8 Å². The second-order valence-corrected chi connectivity index (χ2v) is 5.03. The van der Waals surface area contributed by atoms with Crippen LogP contribution in [0.25, 0.3) is 0 Å².